The number of benzene rings is 1. The van der Waals surface area contributed by atoms with Gasteiger partial charge < -0.3 is 16.0 Å². The van der Waals surface area contributed by atoms with E-state index in [0.717, 1.165) is 23.0 Å². The van der Waals surface area contributed by atoms with Gasteiger partial charge in [-0.05, 0) is 24.1 Å². The van der Waals surface area contributed by atoms with Gasteiger partial charge in [-0.25, -0.2) is 4.98 Å². The number of carbonyl (C=O) groups is 1. The Bertz CT molecular complexity index is 531. The topological polar surface area (TPSA) is 83.8 Å². The van der Waals surface area contributed by atoms with Crippen LogP contribution in [0.4, 0.5) is 0 Å². The molecule has 1 unspecified atom stereocenters. The Balaban J connectivity index is 1.99. The maximum absolute atomic E-state index is 11.8. The molecule has 5 nitrogen and oxygen atoms in total. The highest BCUT2D eigenvalue weighted by Crippen LogP contribution is 2.11. The number of fused-ring (bicyclic) bond motifs is 1. The lowest BCUT2D eigenvalue weighted by Crippen LogP contribution is -2.34. The summed E-state index contributed by atoms with van der Waals surface area (Å²) in [6.45, 7) is 2.87. The number of nitrogens with zero attached hydrogens (tertiary/aromatic N) is 1. The molecule has 0 aliphatic rings. The Morgan fingerprint density at radius 3 is 3.11 bits per heavy atom. The van der Waals surface area contributed by atoms with Gasteiger partial charge in [0.1, 0.15) is 0 Å². The summed E-state index contributed by atoms with van der Waals surface area (Å²) in [7, 11) is 0. The van der Waals surface area contributed by atoms with E-state index in [1.54, 1.807) is 6.33 Å². The molecule has 1 amide bonds. The minimum absolute atomic E-state index is 0.0182. The van der Waals surface area contributed by atoms with E-state index in [9.17, 15) is 4.79 Å². The van der Waals surface area contributed by atoms with Crippen LogP contribution >= 0.6 is 0 Å². The highest BCUT2D eigenvalue weighted by Gasteiger charge is 2.13. The second-order valence-electron chi connectivity index (χ2n) is 4.31. The molecular formula is C13H18N4O. The smallest absolute Gasteiger partial charge is 0.224 e. The van der Waals surface area contributed by atoms with Crippen LogP contribution in [0, 0.1) is 5.92 Å². The summed E-state index contributed by atoms with van der Waals surface area (Å²) in [6.07, 6.45) is 2.43. The van der Waals surface area contributed by atoms with Crippen LogP contribution in [0.5, 0.6) is 0 Å². The quantitative estimate of drug-likeness (QED) is 0.740. The third kappa shape index (κ3) is 2.68. The minimum atomic E-state index is -0.0964. The van der Waals surface area contributed by atoms with Crippen LogP contribution < -0.4 is 11.1 Å². The average Bonchev–Trinajstić information content (AvgIpc) is 2.85. The van der Waals surface area contributed by atoms with Crippen molar-refractivity contribution in [3.63, 3.8) is 0 Å². The van der Waals surface area contributed by atoms with Gasteiger partial charge in [0.05, 0.1) is 17.4 Å². The molecule has 1 atom stereocenters. The molecule has 0 aliphatic carbocycles. The molecule has 0 spiro atoms. The van der Waals surface area contributed by atoms with Gasteiger partial charge >= 0.3 is 0 Å². The summed E-state index contributed by atoms with van der Waals surface area (Å²) >= 11 is 0. The van der Waals surface area contributed by atoms with E-state index in [0.29, 0.717) is 13.1 Å². The van der Waals surface area contributed by atoms with Crippen LogP contribution in [0.25, 0.3) is 11.0 Å². The van der Waals surface area contributed by atoms with Crippen molar-refractivity contribution in [1.82, 2.24) is 15.3 Å². The number of aromatic nitrogens is 2. The summed E-state index contributed by atoms with van der Waals surface area (Å²) in [5.41, 5.74) is 8.50. The van der Waals surface area contributed by atoms with Crippen LogP contribution in [-0.4, -0.2) is 22.4 Å². The molecule has 1 aromatic heterocycles. The van der Waals surface area contributed by atoms with Gasteiger partial charge in [-0.1, -0.05) is 13.0 Å². The van der Waals surface area contributed by atoms with Gasteiger partial charge in [0.25, 0.3) is 0 Å². The molecule has 18 heavy (non-hydrogen) atoms. The standard InChI is InChI=1S/C13H18N4O/c1-2-10(6-14)13(18)15-7-9-3-4-11-12(5-9)17-8-16-11/h3-5,8,10H,2,6-7,14H2,1H3,(H,15,18)(H,16,17). The van der Waals surface area contributed by atoms with E-state index in [2.05, 4.69) is 15.3 Å². The largest absolute Gasteiger partial charge is 0.352 e. The second kappa shape index (κ2) is 5.64. The fourth-order valence-electron chi connectivity index (χ4n) is 1.89. The van der Waals surface area contributed by atoms with Gasteiger partial charge in [-0.3, -0.25) is 4.79 Å². The van der Waals surface area contributed by atoms with Crippen molar-refractivity contribution in [2.45, 2.75) is 19.9 Å². The van der Waals surface area contributed by atoms with Crippen LogP contribution in [0.1, 0.15) is 18.9 Å². The number of hydrogen-bond acceptors (Lipinski definition) is 3. The van der Waals surface area contributed by atoms with Gasteiger partial charge in [-0.2, -0.15) is 0 Å². The lowest BCUT2D eigenvalue weighted by Gasteiger charge is -2.12. The van der Waals surface area contributed by atoms with Crippen molar-refractivity contribution in [3.8, 4) is 0 Å². The number of imidazole rings is 1. The molecule has 0 bridgehead atoms. The first kappa shape index (κ1) is 12.6. The first-order chi connectivity index (χ1) is 8.74. The van der Waals surface area contributed by atoms with Crippen LogP contribution in [-0.2, 0) is 11.3 Å². The fourth-order valence-corrected chi connectivity index (χ4v) is 1.89. The lowest BCUT2D eigenvalue weighted by atomic mass is 10.1. The summed E-state index contributed by atoms with van der Waals surface area (Å²) in [5.74, 6) is -0.0782. The first-order valence-electron chi connectivity index (χ1n) is 6.14. The van der Waals surface area contributed by atoms with Crippen molar-refractivity contribution < 1.29 is 4.79 Å². The molecule has 0 radical (unpaired) electrons. The first-order valence-corrected chi connectivity index (χ1v) is 6.14. The van der Waals surface area contributed by atoms with E-state index >= 15 is 0 Å². The SMILES string of the molecule is CCC(CN)C(=O)NCc1ccc2nc[nH]c2c1. The van der Waals surface area contributed by atoms with E-state index in [4.69, 9.17) is 5.73 Å². The van der Waals surface area contributed by atoms with Crippen molar-refractivity contribution in [3.05, 3.63) is 30.1 Å². The molecule has 96 valence electrons. The molecule has 2 aromatic rings. The third-order valence-electron chi connectivity index (χ3n) is 3.10. The zero-order valence-corrected chi connectivity index (χ0v) is 10.4. The van der Waals surface area contributed by atoms with E-state index in [1.165, 1.54) is 0 Å². The summed E-state index contributed by atoms with van der Waals surface area (Å²) in [4.78, 5) is 19.0. The predicted molar refractivity (Wildman–Crippen MR) is 70.8 cm³/mol. The third-order valence-corrected chi connectivity index (χ3v) is 3.10. The number of amides is 1. The van der Waals surface area contributed by atoms with Gasteiger partial charge in [-0.15, -0.1) is 0 Å². The number of H-pyrrole nitrogens is 1. The summed E-state index contributed by atoms with van der Waals surface area (Å²) < 4.78 is 0. The van der Waals surface area contributed by atoms with E-state index in [-0.39, 0.29) is 11.8 Å². The summed E-state index contributed by atoms with van der Waals surface area (Å²) in [5, 5.41) is 2.90. The number of nitrogens with two attached hydrogens (primary N) is 1. The Morgan fingerprint density at radius 2 is 2.39 bits per heavy atom. The van der Waals surface area contributed by atoms with E-state index < -0.39 is 0 Å². The van der Waals surface area contributed by atoms with Crippen molar-refractivity contribution in [2.75, 3.05) is 6.54 Å². The molecule has 2 rings (SSSR count). The minimum Gasteiger partial charge on any atom is -0.352 e. The molecule has 5 heteroatoms. The Kier molecular flexibility index (Phi) is 3.94. The molecule has 1 aromatic carbocycles. The van der Waals surface area contributed by atoms with Crippen molar-refractivity contribution in [2.24, 2.45) is 11.7 Å². The number of hydrogen-bond donors (Lipinski definition) is 3. The zero-order chi connectivity index (χ0) is 13.0. The maximum atomic E-state index is 11.8. The average molecular weight is 246 g/mol. The molecule has 0 aliphatic heterocycles. The summed E-state index contributed by atoms with van der Waals surface area (Å²) in [6, 6.07) is 5.90. The Labute approximate surface area is 106 Å². The van der Waals surface area contributed by atoms with Crippen LogP contribution in [0.3, 0.4) is 0 Å². The predicted octanol–water partition coefficient (Wildman–Crippen LogP) is 1.16. The fraction of sp³-hybridized carbons (Fsp3) is 0.385. The van der Waals surface area contributed by atoms with Crippen LogP contribution in [0.2, 0.25) is 0 Å². The Morgan fingerprint density at radius 1 is 1.56 bits per heavy atom. The number of nitrogens with one attached hydrogen (secondary N) is 2. The normalized spacial score (nSPS) is 12.6. The van der Waals surface area contributed by atoms with Crippen molar-refractivity contribution in [1.29, 1.82) is 0 Å². The highest BCUT2D eigenvalue weighted by molar-refractivity contribution is 5.79. The number of aromatic amines is 1. The molecule has 0 fully saturated rings. The zero-order valence-electron chi connectivity index (χ0n) is 10.4. The molecule has 0 saturated heterocycles. The van der Waals surface area contributed by atoms with Gasteiger partial charge in [0.15, 0.2) is 0 Å². The number of rotatable bonds is 5. The monoisotopic (exact) mass is 246 g/mol. The number of carbonyl (C=O) groups excluding carboxylic acids is 1. The van der Waals surface area contributed by atoms with E-state index in [1.807, 2.05) is 25.1 Å². The molecule has 0 saturated carbocycles. The molecular weight excluding hydrogens is 228 g/mol. The van der Waals surface area contributed by atoms with Gasteiger partial charge in [0, 0.05) is 19.0 Å². The van der Waals surface area contributed by atoms with Crippen LogP contribution in [0.15, 0.2) is 24.5 Å². The van der Waals surface area contributed by atoms with Gasteiger partial charge in [0.2, 0.25) is 5.91 Å². The Hall–Kier alpha value is -1.88. The molecule has 4 N–H and O–H groups in total. The molecule has 1 heterocycles. The highest BCUT2D eigenvalue weighted by atomic mass is 16.1. The second-order valence-corrected chi connectivity index (χ2v) is 4.31. The lowest BCUT2D eigenvalue weighted by molar-refractivity contribution is -0.124. The van der Waals surface area contributed by atoms with Crippen molar-refractivity contribution >= 4 is 16.9 Å². The maximum Gasteiger partial charge on any atom is 0.224 e.